The lowest BCUT2D eigenvalue weighted by Gasteiger charge is -2.18. The zero-order chi connectivity index (χ0) is 14.3. The lowest BCUT2D eigenvalue weighted by Crippen LogP contribution is -2.16. The molecule has 6 heteroatoms. The molecule has 1 aromatic heterocycles. The standard InChI is InChI=1S/C14H14F3N3/c1-9-5-4-8-12-18-13(19-20(9)12)10-6-2-3-7-11(10)14(15,16)17/h2-3,6-7,9H,4-5,8H2,1H3. The number of hydrogen-bond acceptors (Lipinski definition) is 2. The van der Waals surface area contributed by atoms with Gasteiger partial charge in [-0.25, -0.2) is 9.67 Å². The van der Waals surface area contributed by atoms with Crippen molar-refractivity contribution < 1.29 is 13.2 Å². The predicted molar refractivity (Wildman–Crippen MR) is 68.1 cm³/mol. The summed E-state index contributed by atoms with van der Waals surface area (Å²) in [4.78, 5) is 4.30. The Morgan fingerprint density at radius 3 is 2.70 bits per heavy atom. The number of halogens is 3. The van der Waals surface area contributed by atoms with E-state index in [-0.39, 0.29) is 17.4 Å². The summed E-state index contributed by atoms with van der Waals surface area (Å²) in [5.74, 6) is 0.942. The van der Waals surface area contributed by atoms with Crippen molar-refractivity contribution in [2.24, 2.45) is 0 Å². The lowest BCUT2D eigenvalue weighted by atomic mass is 10.1. The van der Waals surface area contributed by atoms with Gasteiger partial charge < -0.3 is 0 Å². The lowest BCUT2D eigenvalue weighted by molar-refractivity contribution is -0.137. The number of nitrogens with zero attached hydrogens (tertiary/aromatic N) is 3. The maximum atomic E-state index is 13.0. The van der Waals surface area contributed by atoms with Crippen molar-refractivity contribution in [3.8, 4) is 11.4 Å². The summed E-state index contributed by atoms with van der Waals surface area (Å²) in [6.07, 6.45) is -1.64. The van der Waals surface area contributed by atoms with Gasteiger partial charge in [0.25, 0.3) is 0 Å². The molecule has 1 unspecified atom stereocenters. The number of benzene rings is 1. The highest BCUT2D eigenvalue weighted by Gasteiger charge is 2.34. The fourth-order valence-corrected chi connectivity index (χ4v) is 2.60. The van der Waals surface area contributed by atoms with Gasteiger partial charge >= 0.3 is 6.18 Å². The van der Waals surface area contributed by atoms with Crippen LogP contribution in [0.2, 0.25) is 0 Å². The highest BCUT2D eigenvalue weighted by atomic mass is 19.4. The molecule has 3 rings (SSSR count). The maximum Gasteiger partial charge on any atom is 0.417 e. The fraction of sp³-hybridized carbons (Fsp3) is 0.429. The second kappa shape index (κ2) is 4.61. The molecule has 20 heavy (non-hydrogen) atoms. The fourth-order valence-electron chi connectivity index (χ4n) is 2.60. The van der Waals surface area contributed by atoms with Crippen LogP contribution in [-0.2, 0) is 12.6 Å². The number of alkyl halides is 3. The van der Waals surface area contributed by atoms with Crippen LogP contribution in [0.4, 0.5) is 13.2 Å². The zero-order valence-corrected chi connectivity index (χ0v) is 11.0. The third-order valence-electron chi connectivity index (χ3n) is 3.62. The average Bonchev–Trinajstić information content (AvgIpc) is 2.83. The summed E-state index contributed by atoms with van der Waals surface area (Å²) in [6, 6.07) is 5.64. The van der Waals surface area contributed by atoms with Gasteiger partial charge in [-0.05, 0) is 25.8 Å². The van der Waals surface area contributed by atoms with Crippen LogP contribution in [-0.4, -0.2) is 14.8 Å². The van der Waals surface area contributed by atoms with Gasteiger partial charge in [0.2, 0.25) is 0 Å². The van der Waals surface area contributed by atoms with Crippen molar-refractivity contribution in [2.45, 2.75) is 38.4 Å². The molecule has 0 aliphatic carbocycles. The van der Waals surface area contributed by atoms with Crippen LogP contribution in [0.25, 0.3) is 11.4 Å². The topological polar surface area (TPSA) is 30.7 Å². The van der Waals surface area contributed by atoms with Gasteiger partial charge in [-0.1, -0.05) is 18.2 Å². The molecule has 0 N–H and O–H groups in total. The maximum absolute atomic E-state index is 13.0. The van der Waals surface area contributed by atoms with Crippen LogP contribution in [0.5, 0.6) is 0 Å². The van der Waals surface area contributed by atoms with Crippen LogP contribution in [0.15, 0.2) is 24.3 Å². The second-order valence-corrected chi connectivity index (χ2v) is 5.08. The molecule has 1 aromatic carbocycles. The van der Waals surface area contributed by atoms with E-state index in [2.05, 4.69) is 10.1 Å². The summed E-state index contributed by atoms with van der Waals surface area (Å²) >= 11 is 0. The largest absolute Gasteiger partial charge is 0.417 e. The number of aromatic nitrogens is 3. The molecule has 0 fully saturated rings. The van der Waals surface area contributed by atoms with Gasteiger partial charge in [-0.15, -0.1) is 0 Å². The van der Waals surface area contributed by atoms with Crippen molar-refractivity contribution in [1.29, 1.82) is 0 Å². The number of hydrogen-bond donors (Lipinski definition) is 0. The Kier molecular flexibility index (Phi) is 3.03. The molecular formula is C14H14F3N3. The van der Waals surface area contributed by atoms with E-state index in [0.717, 1.165) is 31.2 Å². The molecule has 1 aliphatic rings. The van der Waals surface area contributed by atoms with Crippen molar-refractivity contribution >= 4 is 0 Å². The molecule has 0 amide bonds. The minimum absolute atomic E-state index is 0.0501. The monoisotopic (exact) mass is 281 g/mol. The molecule has 0 radical (unpaired) electrons. The van der Waals surface area contributed by atoms with Crippen molar-refractivity contribution in [3.63, 3.8) is 0 Å². The first-order valence-electron chi connectivity index (χ1n) is 6.59. The molecule has 3 nitrogen and oxygen atoms in total. The Balaban J connectivity index is 2.11. The third-order valence-corrected chi connectivity index (χ3v) is 3.62. The Labute approximate surface area is 114 Å². The predicted octanol–water partition coefficient (Wildman–Crippen LogP) is 3.86. The molecule has 1 aliphatic heterocycles. The van der Waals surface area contributed by atoms with Crippen LogP contribution in [0, 0.1) is 0 Å². The van der Waals surface area contributed by atoms with Crippen LogP contribution in [0.1, 0.15) is 37.2 Å². The van der Waals surface area contributed by atoms with Gasteiger partial charge in [0, 0.05) is 12.0 Å². The molecule has 0 saturated heterocycles. The molecule has 106 valence electrons. The molecule has 1 atom stereocenters. The molecule has 0 bridgehead atoms. The summed E-state index contributed by atoms with van der Waals surface area (Å²) in [7, 11) is 0. The van der Waals surface area contributed by atoms with Crippen LogP contribution in [0.3, 0.4) is 0 Å². The van der Waals surface area contributed by atoms with E-state index in [0.29, 0.717) is 0 Å². The van der Waals surface area contributed by atoms with E-state index in [1.165, 1.54) is 12.1 Å². The first-order chi connectivity index (χ1) is 9.47. The average molecular weight is 281 g/mol. The number of rotatable bonds is 1. The van der Waals surface area contributed by atoms with Crippen molar-refractivity contribution in [1.82, 2.24) is 14.8 Å². The van der Waals surface area contributed by atoms with Gasteiger partial charge in [0.15, 0.2) is 5.82 Å². The Morgan fingerprint density at radius 1 is 1.25 bits per heavy atom. The first kappa shape index (κ1) is 13.1. The highest BCUT2D eigenvalue weighted by Crippen LogP contribution is 2.36. The normalized spacial score (nSPS) is 18.9. The summed E-state index contributed by atoms with van der Waals surface area (Å²) in [6.45, 7) is 2.01. The van der Waals surface area contributed by atoms with Crippen LogP contribution < -0.4 is 0 Å². The van der Waals surface area contributed by atoms with Crippen LogP contribution >= 0.6 is 0 Å². The Bertz CT molecular complexity index is 631. The number of fused-ring (bicyclic) bond motifs is 1. The Hall–Kier alpha value is -1.85. The van der Waals surface area contributed by atoms with E-state index in [9.17, 15) is 13.2 Å². The van der Waals surface area contributed by atoms with Gasteiger partial charge in [-0.3, -0.25) is 0 Å². The molecule has 2 aromatic rings. The van der Waals surface area contributed by atoms with Crippen molar-refractivity contribution in [2.75, 3.05) is 0 Å². The summed E-state index contributed by atoms with van der Waals surface area (Å²) in [5, 5.41) is 4.28. The third kappa shape index (κ3) is 2.19. The SMILES string of the molecule is CC1CCCc2nc(-c3ccccc3C(F)(F)F)nn21. The second-order valence-electron chi connectivity index (χ2n) is 5.08. The minimum Gasteiger partial charge on any atom is -0.247 e. The van der Waals surface area contributed by atoms with E-state index in [4.69, 9.17) is 0 Å². The summed E-state index contributed by atoms with van der Waals surface area (Å²) in [5.41, 5.74) is -0.635. The number of aryl methyl sites for hydroxylation is 1. The highest BCUT2D eigenvalue weighted by molar-refractivity contribution is 5.61. The minimum atomic E-state index is -4.39. The quantitative estimate of drug-likeness (QED) is 0.794. The first-order valence-corrected chi connectivity index (χ1v) is 6.59. The molecule has 2 heterocycles. The molecular weight excluding hydrogens is 267 g/mol. The van der Waals surface area contributed by atoms with Gasteiger partial charge in [0.05, 0.1) is 11.6 Å². The molecule has 0 saturated carbocycles. The van der Waals surface area contributed by atoms with E-state index in [1.807, 2.05) is 6.92 Å². The summed E-state index contributed by atoms with van der Waals surface area (Å²) < 4.78 is 40.9. The van der Waals surface area contributed by atoms with Crippen molar-refractivity contribution in [3.05, 3.63) is 35.7 Å². The van der Waals surface area contributed by atoms with E-state index >= 15 is 0 Å². The smallest absolute Gasteiger partial charge is 0.247 e. The van der Waals surface area contributed by atoms with Gasteiger partial charge in [-0.2, -0.15) is 18.3 Å². The zero-order valence-electron chi connectivity index (χ0n) is 11.0. The van der Waals surface area contributed by atoms with Gasteiger partial charge in [0.1, 0.15) is 5.82 Å². The van der Waals surface area contributed by atoms with E-state index < -0.39 is 11.7 Å². The Morgan fingerprint density at radius 2 is 2.00 bits per heavy atom. The molecule has 0 spiro atoms. The van der Waals surface area contributed by atoms with E-state index in [1.54, 1.807) is 10.7 Å².